The lowest BCUT2D eigenvalue weighted by atomic mass is 9.86. The van der Waals surface area contributed by atoms with Crippen molar-refractivity contribution in [3.05, 3.63) is 68.2 Å². The Balaban J connectivity index is 1.70. The van der Waals surface area contributed by atoms with Crippen LogP contribution in [0, 0.1) is 10.7 Å². The van der Waals surface area contributed by atoms with Crippen LogP contribution >= 0.6 is 23.8 Å². The summed E-state index contributed by atoms with van der Waals surface area (Å²) in [5.41, 5.74) is 1.40. The van der Waals surface area contributed by atoms with Crippen LogP contribution in [0.3, 0.4) is 0 Å². The van der Waals surface area contributed by atoms with E-state index >= 15 is 0 Å². The van der Waals surface area contributed by atoms with Gasteiger partial charge in [0.1, 0.15) is 0 Å². The van der Waals surface area contributed by atoms with Gasteiger partial charge in [-0.15, -0.1) is 0 Å². The van der Waals surface area contributed by atoms with Crippen molar-refractivity contribution in [1.29, 1.82) is 0 Å². The second kappa shape index (κ2) is 8.13. The molecule has 0 bridgehead atoms. The minimum atomic E-state index is -0.251. The van der Waals surface area contributed by atoms with Crippen LogP contribution in [0.25, 0.3) is 16.6 Å². The molecule has 0 unspecified atom stereocenters. The molecule has 5 nitrogen and oxygen atoms in total. The van der Waals surface area contributed by atoms with Crippen molar-refractivity contribution in [2.45, 2.75) is 38.6 Å². The number of halogens is 1. The fourth-order valence-electron chi connectivity index (χ4n) is 3.99. The lowest BCUT2D eigenvalue weighted by Crippen LogP contribution is -2.41. The zero-order valence-corrected chi connectivity index (χ0v) is 17.6. The quantitative estimate of drug-likeness (QED) is 0.577. The predicted octanol–water partition coefficient (Wildman–Crippen LogP) is 5.01. The first-order valence-electron chi connectivity index (χ1n) is 9.80. The Morgan fingerprint density at radius 3 is 2.79 bits per heavy atom. The van der Waals surface area contributed by atoms with Crippen LogP contribution in [-0.4, -0.2) is 21.5 Å². The predicted molar refractivity (Wildman–Crippen MR) is 119 cm³/mol. The molecular weight excluding hydrogens is 406 g/mol. The highest BCUT2D eigenvalue weighted by atomic mass is 35.5. The fraction of sp³-hybridized carbons (Fsp3) is 0.318. The van der Waals surface area contributed by atoms with E-state index in [-0.39, 0.29) is 22.3 Å². The topological polar surface area (TPSA) is 66.9 Å². The molecule has 0 radical (unpaired) electrons. The van der Waals surface area contributed by atoms with E-state index in [1.54, 1.807) is 42.5 Å². The third-order valence-electron chi connectivity index (χ3n) is 5.65. The van der Waals surface area contributed by atoms with E-state index < -0.39 is 0 Å². The van der Waals surface area contributed by atoms with E-state index in [9.17, 15) is 9.59 Å². The van der Waals surface area contributed by atoms with Gasteiger partial charge in [0.2, 0.25) is 0 Å². The molecule has 1 aliphatic rings. The van der Waals surface area contributed by atoms with Crippen molar-refractivity contribution in [3.63, 3.8) is 0 Å². The number of hydrogen-bond donors (Lipinski definition) is 2. The van der Waals surface area contributed by atoms with E-state index in [2.05, 4.69) is 17.2 Å². The molecule has 1 fully saturated rings. The Kier molecular flexibility index (Phi) is 5.56. The SMILES string of the molecule is C[C@H]1CCCC[C@H]1NC(=O)c1cccc(-n2c(=S)[nH]c3cc(Cl)ccc3c2=O)c1. The second-order valence-corrected chi connectivity index (χ2v) is 8.48. The zero-order valence-electron chi connectivity index (χ0n) is 16.1. The average Bonchev–Trinajstić information content (AvgIpc) is 2.69. The molecule has 1 aromatic heterocycles. The lowest BCUT2D eigenvalue weighted by molar-refractivity contribution is 0.0910. The minimum Gasteiger partial charge on any atom is -0.349 e. The van der Waals surface area contributed by atoms with E-state index in [0.29, 0.717) is 33.1 Å². The first kappa shape index (κ1) is 19.9. The smallest absolute Gasteiger partial charge is 0.266 e. The summed E-state index contributed by atoms with van der Waals surface area (Å²) < 4.78 is 1.66. The number of amides is 1. The Hall–Kier alpha value is -2.44. The summed E-state index contributed by atoms with van der Waals surface area (Å²) in [5, 5.41) is 4.16. The Bertz CT molecular complexity index is 1200. The minimum absolute atomic E-state index is 0.124. The fourth-order valence-corrected chi connectivity index (χ4v) is 4.46. The van der Waals surface area contributed by atoms with Gasteiger partial charge in [0.15, 0.2) is 4.77 Å². The highest BCUT2D eigenvalue weighted by Gasteiger charge is 2.23. The number of benzene rings is 2. The summed E-state index contributed by atoms with van der Waals surface area (Å²) >= 11 is 11.4. The summed E-state index contributed by atoms with van der Waals surface area (Å²) in [4.78, 5) is 28.9. The molecule has 0 spiro atoms. The number of nitrogens with one attached hydrogen (secondary N) is 2. The Morgan fingerprint density at radius 2 is 2.00 bits per heavy atom. The van der Waals surface area contributed by atoms with Gasteiger partial charge in [-0.3, -0.25) is 14.2 Å². The van der Waals surface area contributed by atoms with E-state index in [1.165, 1.54) is 11.0 Å². The van der Waals surface area contributed by atoms with Crippen LogP contribution < -0.4 is 10.9 Å². The van der Waals surface area contributed by atoms with E-state index in [0.717, 1.165) is 19.3 Å². The molecule has 7 heteroatoms. The number of hydrogen-bond acceptors (Lipinski definition) is 3. The van der Waals surface area contributed by atoms with Gasteiger partial charge in [-0.25, -0.2) is 0 Å². The number of aromatic nitrogens is 2. The molecule has 2 N–H and O–H groups in total. The Labute approximate surface area is 178 Å². The number of fused-ring (bicyclic) bond motifs is 1. The third kappa shape index (κ3) is 4.00. The van der Waals surface area contributed by atoms with Gasteiger partial charge in [0.05, 0.1) is 16.6 Å². The van der Waals surface area contributed by atoms with Gasteiger partial charge in [-0.1, -0.05) is 37.4 Å². The molecule has 1 amide bonds. The van der Waals surface area contributed by atoms with Crippen molar-refractivity contribution in [2.24, 2.45) is 5.92 Å². The van der Waals surface area contributed by atoms with Crippen molar-refractivity contribution in [1.82, 2.24) is 14.9 Å². The van der Waals surface area contributed by atoms with E-state index in [1.807, 2.05) is 0 Å². The standard InChI is InChI=1S/C22H22ClN3O2S/c1-13-5-2-3-8-18(13)24-20(27)14-6-4-7-16(11-14)26-21(28)17-10-9-15(23)12-19(17)25-22(26)29/h4,6-7,9-13,18H,2-3,5,8H2,1H3,(H,24,27)(H,25,29)/t13-,18+/m0/s1. The second-order valence-electron chi connectivity index (χ2n) is 7.65. The maximum Gasteiger partial charge on any atom is 0.266 e. The molecule has 0 saturated heterocycles. The summed E-state index contributed by atoms with van der Waals surface area (Å²) in [6.45, 7) is 2.18. The van der Waals surface area contributed by atoms with Crippen molar-refractivity contribution in [3.8, 4) is 5.69 Å². The molecule has 29 heavy (non-hydrogen) atoms. The van der Waals surface area contributed by atoms with E-state index in [4.69, 9.17) is 23.8 Å². The van der Waals surface area contributed by atoms with Crippen LogP contribution in [0.1, 0.15) is 43.0 Å². The lowest BCUT2D eigenvalue weighted by Gasteiger charge is -2.29. The van der Waals surface area contributed by atoms with Gasteiger partial charge in [-0.05, 0) is 67.4 Å². The van der Waals surface area contributed by atoms with Crippen LogP contribution in [0.4, 0.5) is 0 Å². The molecule has 3 aromatic rings. The zero-order chi connectivity index (χ0) is 20.5. The largest absolute Gasteiger partial charge is 0.349 e. The summed E-state index contributed by atoms with van der Waals surface area (Å²) in [5.74, 6) is 0.348. The van der Waals surface area contributed by atoms with Gasteiger partial charge in [-0.2, -0.15) is 0 Å². The maximum absolute atomic E-state index is 13.0. The molecular formula is C22H22ClN3O2S. The summed E-state index contributed by atoms with van der Waals surface area (Å²) in [6, 6.07) is 12.2. The molecule has 2 atom stereocenters. The molecule has 1 saturated carbocycles. The van der Waals surface area contributed by atoms with Gasteiger partial charge >= 0.3 is 0 Å². The summed E-state index contributed by atoms with van der Waals surface area (Å²) in [6.07, 6.45) is 4.50. The molecule has 4 rings (SSSR count). The van der Waals surface area contributed by atoms with Crippen LogP contribution in [0.15, 0.2) is 47.3 Å². The normalized spacial score (nSPS) is 19.2. The molecule has 2 aromatic carbocycles. The summed E-state index contributed by atoms with van der Waals surface area (Å²) in [7, 11) is 0. The number of H-pyrrole nitrogens is 1. The molecule has 0 aliphatic heterocycles. The van der Waals surface area contributed by atoms with Crippen LogP contribution in [0.5, 0.6) is 0 Å². The Morgan fingerprint density at radius 1 is 1.21 bits per heavy atom. The first-order valence-corrected chi connectivity index (χ1v) is 10.6. The average molecular weight is 428 g/mol. The monoisotopic (exact) mass is 427 g/mol. The molecule has 1 aliphatic carbocycles. The van der Waals surface area contributed by atoms with Gasteiger partial charge in [0.25, 0.3) is 11.5 Å². The molecule has 150 valence electrons. The number of carbonyl (C=O) groups excluding carboxylic acids is 1. The van der Waals surface area contributed by atoms with Crippen molar-refractivity contribution in [2.75, 3.05) is 0 Å². The van der Waals surface area contributed by atoms with Crippen molar-refractivity contribution >= 4 is 40.6 Å². The van der Waals surface area contributed by atoms with Crippen molar-refractivity contribution < 1.29 is 4.79 Å². The number of rotatable bonds is 3. The molecule has 1 heterocycles. The highest BCUT2D eigenvalue weighted by Crippen LogP contribution is 2.24. The van der Waals surface area contributed by atoms with Crippen LogP contribution in [-0.2, 0) is 0 Å². The maximum atomic E-state index is 13.0. The number of carbonyl (C=O) groups is 1. The number of aromatic amines is 1. The highest BCUT2D eigenvalue weighted by molar-refractivity contribution is 7.71. The van der Waals surface area contributed by atoms with Gasteiger partial charge in [0, 0.05) is 16.6 Å². The number of nitrogens with zero attached hydrogens (tertiary/aromatic N) is 1. The third-order valence-corrected chi connectivity index (χ3v) is 6.17. The van der Waals surface area contributed by atoms with Crippen LogP contribution in [0.2, 0.25) is 5.02 Å². The van der Waals surface area contributed by atoms with Gasteiger partial charge < -0.3 is 10.3 Å². The first-order chi connectivity index (χ1) is 13.9.